The summed E-state index contributed by atoms with van der Waals surface area (Å²) < 4.78 is 0. The number of nitrogens with two attached hydrogens (primary N) is 1. The molecule has 0 bridgehead atoms. The van der Waals surface area contributed by atoms with E-state index in [4.69, 9.17) is 36.4 Å². The van der Waals surface area contributed by atoms with Crippen molar-refractivity contribution >= 4 is 24.0 Å². The van der Waals surface area contributed by atoms with Crippen LogP contribution in [0.4, 0.5) is 0 Å². The Labute approximate surface area is 126 Å². The Morgan fingerprint density at radius 2 is 1.76 bits per heavy atom. The van der Waals surface area contributed by atoms with Crippen LogP contribution in [0, 0.1) is 0 Å². The van der Waals surface area contributed by atoms with Crippen molar-refractivity contribution < 1.29 is 40.2 Å². The second-order valence-electron chi connectivity index (χ2n) is 4.08. The minimum Gasteiger partial charge on any atom is -0.480 e. The van der Waals surface area contributed by atoms with Crippen molar-refractivity contribution in [3.05, 3.63) is 0 Å². The Balaban J connectivity index is 0. The molecule has 0 saturated carbocycles. The lowest BCUT2D eigenvalue weighted by Crippen LogP contribution is -2.46. The molecule has 5 atom stereocenters. The zero-order valence-electron chi connectivity index (χ0n) is 11.6. The third kappa shape index (κ3) is 10.6. The van der Waals surface area contributed by atoms with Gasteiger partial charge in [0.25, 0.3) is 0 Å². The van der Waals surface area contributed by atoms with E-state index in [1.165, 1.54) is 0 Å². The number of hydrogen-bond acceptors (Lipinski definition) is 9. The zero-order valence-corrected chi connectivity index (χ0v) is 12.4. The average molecular weight is 329 g/mol. The molecule has 0 aliphatic carbocycles. The lowest BCUT2D eigenvalue weighted by Gasteiger charge is -2.22. The molecule has 0 amide bonds. The number of aliphatic hydroxyl groups excluding tert-OH is 5. The van der Waals surface area contributed by atoms with Crippen LogP contribution in [0.3, 0.4) is 0 Å². The van der Waals surface area contributed by atoms with Gasteiger partial charge in [0.05, 0.1) is 6.61 Å². The first-order chi connectivity index (χ1) is 9.72. The van der Waals surface area contributed by atoms with Gasteiger partial charge in [-0.1, -0.05) is 0 Å². The van der Waals surface area contributed by atoms with Crippen LogP contribution in [0.2, 0.25) is 0 Å². The van der Waals surface area contributed by atoms with Crippen molar-refractivity contribution in [2.45, 2.75) is 36.9 Å². The summed E-state index contributed by atoms with van der Waals surface area (Å²) in [5.41, 5.74) is 5.19. The van der Waals surface area contributed by atoms with E-state index >= 15 is 0 Å². The molecule has 8 N–H and O–H groups in total. The molecule has 0 heterocycles. The quantitative estimate of drug-likeness (QED) is 0.212. The van der Waals surface area contributed by atoms with E-state index in [0.29, 0.717) is 6.42 Å². The number of carbonyl (C=O) groups excluding carboxylic acids is 1. The second-order valence-corrected chi connectivity index (χ2v) is 5.07. The SMILES string of the molecule is CSCCC(N)C(=O)O.O=C[C@H](O)[C@@H](O)[C@H](O)[C@H](O)CO. The summed E-state index contributed by atoms with van der Waals surface area (Å²) in [6.07, 6.45) is -4.36. The molecular weight excluding hydrogens is 306 g/mol. The van der Waals surface area contributed by atoms with E-state index < -0.39 is 43.0 Å². The number of aliphatic carboxylic acids is 1. The molecule has 21 heavy (non-hydrogen) atoms. The smallest absolute Gasteiger partial charge is 0.320 e. The number of rotatable bonds is 9. The van der Waals surface area contributed by atoms with E-state index in [2.05, 4.69) is 0 Å². The lowest BCUT2D eigenvalue weighted by atomic mass is 10.0. The van der Waals surface area contributed by atoms with Crippen molar-refractivity contribution in [3.8, 4) is 0 Å². The van der Waals surface area contributed by atoms with Gasteiger partial charge in [-0.3, -0.25) is 4.79 Å². The van der Waals surface area contributed by atoms with Gasteiger partial charge >= 0.3 is 5.97 Å². The largest absolute Gasteiger partial charge is 0.480 e. The maximum Gasteiger partial charge on any atom is 0.320 e. The van der Waals surface area contributed by atoms with Gasteiger partial charge in [0, 0.05) is 0 Å². The highest BCUT2D eigenvalue weighted by atomic mass is 32.2. The molecule has 0 fully saturated rings. The van der Waals surface area contributed by atoms with Crippen LogP contribution < -0.4 is 5.73 Å². The molecule has 9 nitrogen and oxygen atoms in total. The molecular formula is C11H23NO8S. The van der Waals surface area contributed by atoms with E-state index in [1.807, 2.05) is 6.26 Å². The normalized spacial score (nSPS) is 17.7. The molecule has 0 aromatic carbocycles. The predicted octanol–water partition coefficient (Wildman–Crippen LogP) is -3.23. The number of carboxylic acids is 1. The van der Waals surface area contributed by atoms with Gasteiger partial charge in [-0.2, -0.15) is 11.8 Å². The van der Waals surface area contributed by atoms with Crippen molar-refractivity contribution in [3.63, 3.8) is 0 Å². The molecule has 0 aliphatic heterocycles. The second kappa shape index (κ2) is 13.0. The number of aldehydes is 1. The summed E-state index contributed by atoms with van der Waals surface area (Å²) in [6, 6.07) is -0.683. The monoisotopic (exact) mass is 329 g/mol. The highest BCUT2D eigenvalue weighted by Crippen LogP contribution is 2.03. The van der Waals surface area contributed by atoms with Crippen LogP contribution in [0.1, 0.15) is 6.42 Å². The van der Waals surface area contributed by atoms with E-state index in [0.717, 1.165) is 5.75 Å². The Bertz CT molecular complexity index is 293. The molecule has 0 rings (SSSR count). The molecule has 0 aromatic heterocycles. The summed E-state index contributed by atoms with van der Waals surface area (Å²) >= 11 is 1.60. The number of carbonyl (C=O) groups is 2. The Morgan fingerprint density at radius 1 is 1.24 bits per heavy atom. The molecule has 0 radical (unpaired) electrons. The maximum atomic E-state index is 10.1. The standard InChI is InChI=1S/C6H12O6.C5H11NO2S/c7-1-3(9)5(11)6(12)4(10)2-8;1-9-3-2-4(6)5(7)8/h1,3-6,8-12H,2H2;4H,2-3,6H2,1H3,(H,7,8)/t3-,4+,5+,6+;/m0./s1. The van der Waals surface area contributed by atoms with Crippen LogP contribution in [-0.2, 0) is 9.59 Å². The summed E-state index contributed by atoms with van der Waals surface area (Å²) in [6.45, 7) is -0.760. The van der Waals surface area contributed by atoms with E-state index in [9.17, 15) is 9.59 Å². The molecule has 0 spiro atoms. The van der Waals surface area contributed by atoms with Crippen LogP contribution >= 0.6 is 11.8 Å². The highest BCUT2D eigenvalue weighted by molar-refractivity contribution is 7.98. The Kier molecular flexibility index (Phi) is 13.9. The fourth-order valence-corrected chi connectivity index (χ4v) is 1.48. The number of aliphatic hydroxyl groups is 5. The van der Waals surface area contributed by atoms with Crippen LogP contribution in [0.15, 0.2) is 0 Å². The first-order valence-corrected chi connectivity index (χ1v) is 7.38. The lowest BCUT2D eigenvalue weighted by molar-refractivity contribution is -0.138. The van der Waals surface area contributed by atoms with Gasteiger partial charge in [0.2, 0.25) is 0 Å². The van der Waals surface area contributed by atoms with Crippen molar-refractivity contribution in [1.82, 2.24) is 0 Å². The molecule has 0 aromatic rings. The van der Waals surface area contributed by atoms with E-state index in [-0.39, 0.29) is 6.29 Å². The number of thioether (sulfide) groups is 1. The molecule has 0 saturated heterocycles. The molecule has 10 heteroatoms. The van der Waals surface area contributed by atoms with Gasteiger partial charge in [-0.05, 0) is 18.4 Å². The molecule has 0 aliphatic rings. The Morgan fingerprint density at radius 3 is 2.10 bits per heavy atom. The van der Waals surface area contributed by atoms with Gasteiger partial charge < -0.3 is 41.2 Å². The molecule has 126 valence electrons. The minimum atomic E-state index is -1.79. The van der Waals surface area contributed by atoms with Gasteiger partial charge in [-0.15, -0.1) is 0 Å². The average Bonchev–Trinajstić information content (AvgIpc) is 2.49. The third-order valence-corrected chi connectivity index (χ3v) is 3.01. The summed E-state index contributed by atoms with van der Waals surface area (Å²) in [5, 5.41) is 51.8. The highest BCUT2D eigenvalue weighted by Gasteiger charge is 2.29. The van der Waals surface area contributed by atoms with E-state index in [1.54, 1.807) is 11.8 Å². The fourth-order valence-electron chi connectivity index (χ4n) is 0.986. The summed E-state index contributed by atoms with van der Waals surface area (Å²) in [7, 11) is 0. The van der Waals surface area contributed by atoms with Crippen molar-refractivity contribution in [2.24, 2.45) is 5.73 Å². The van der Waals surface area contributed by atoms with Crippen molar-refractivity contribution in [1.29, 1.82) is 0 Å². The van der Waals surface area contributed by atoms with Crippen molar-refractivity contribution in [2.75, 3.05) is 18.6 Å². The molecule has 1 unspecified atom stereocenters. The topological polar surface area (TPSA) is 182 Å². The minimum absolute atomic E-state index is 0.0258. The first-order valence-electron chi connectivity index (χ1n) is 5.98. The summed E-state index contributed by atoms with van der Waals surface area (Å²) in [5.74, 6) is -0.1000. The third-order valence-electron chi connectivity index (χ3n) is 2.37. The van der Waals surface area contributed by atoms with Gasteiger partial charge in [-0.25, -0.2) is 0 Å². The fraction of sp³-hybridized carbons (Fsp3) is 0.818. The van der Waals surface area contributed by atoms with Crippen LogP contribution in [0.5, 0.6) is 0 Å². The predicted molar refractivity (Wildman–Crippen MR) is 75.8 cm³/mol. The number of hydrogen-bond donors (Lipinski definition) is 7. The van der Waals surface area contributed by atoms with Gasteiger partial charge in [0.1, 0.15) is 30.5 Å². The van der Waals surface area contributed by atoms with Crippen LogP contribution in [0.25, 0.3) is 0 Å². The first kappa shape index (κ1) is 22.5. The zero-order chi connectivity index (χ0) is 17.0. The summed E-state index contributed by atoms with van der Waals surface area (Å²) in [4.78, 5) is 20.0. The van der Waals surface area contributed by atoms with Crippen LogP contribution in [-0.4, -0.2) is 92.0 Å². The Hall–Kier alpha value is -0.750. The van der Waals surface area contributed by atoms with Gasteiger partial charge in [0.15, 0.2) is 6.29 Å². The maximum absolute atomic E-state index is 10.1. The number of carboxylic acid groups (broad SMARTS) is 1.